The van der Waals surface area contributed by atoms with Crippen molar-refractivity contribution in [3.05, 3.63) is 138 Å². The molecular weight excluding hydrogens is 733 g/mol. The highest BCUT2D eigenvalue weighted by Crippen LogP contribution is 2.45. The Kier molecular flexibility index (Phi) is 12.6. The molecule has 0 unspecified atom stereocenters. The summed E-state index contributed by atoms with van der Waals surface area (Å²) in [6.45, 7) is 9.26. The van der Waals surface area contributed by atoms with Gasteiger partial charge in [0, 0.05) is 4.90 Å². The van der Waals surface area contributed by atoms with Crippen molar-refractivity contribution in [1.29, 1.82) is 0 Å². The van der Waals surface area contributed by atoms with E-state index < -0.39 is 72.1 Å². The molecule has 4 saturated heterocycles. The second-order valence-electron chi connectivity index (χ2n) is 15.5. The van der Waals surface area contributed by atoms with Gasteiger partial charge in [-0.15, -0.1) is 11.8 Å². The monoisotopic (exact) mass is 784 g/mol. The maximum Gasteiger partial charge on any atom is 0.190 e. The zero-order valence-electron chi connectivity index (χ0n) is 32.3. The second-order valence-corrected chi connectivity index (χ2v) is 16.8. The summed E-state index contributed by atoms with van der Waals surface area (Å²) in [4.78, 5) is 1.04. The number of hydrogen-bond donors (Lipinski definition) is 0. The van der Waals surface area contributed by atoms with Crippen LogP contribution in [0.15, 0.2) is 126 Å². The Hall–Kier alpha value is -3.17. The average molecular weight is 785 g/mol. The lowest BCUT2D eigenvalue weighted by Crippen LogP contribution is -2.61. The Labute approximate surface area is 334 Å². The molecule has 0 amide bonds. The molecule has 4 fully saturated rings. The van der Waals surface area contributed by atoms with E-state index in [4.69, 9.17) is 47.4 Å². The molecule has 4 aliphatic heterocycles. The quantitative estimate of drug-likeness (QED) is 0.119. The van der Waals surface area contributed by atoms with E-state index in [-0.39, 0.29) is 6.61 Å². The lowest BCUT2D eigenvalue weighted by atomic mass is 9.99. The number of rotatable bonds is 15. The molecule has 0 saturated carbocycles. The zero-order valence-corrected chi connectivity index (χ0v) is 33.2. The van der Waals surface area contributed by atoms with E-state index in [9.17, 15) is 0 Å². The standard InChI is InChI=1S/C45H52O10S/c1-44(2)49-29-35(53-44)37-38(40-42(51-37)55-45(3,4)54-40)52-43-41(56-33-23-15-8-16-24-33)39(48-27-32-21-13-7-14-22-32)36(47-26-31-19-11-6-12-20-31)34(50-43)28-46-25-30-17-9-5-10-18-30/h5-24,34-43H,25-29H2,1-4H3/t34-,35-,36-,37-,38+,39+,40-,41-,42-,43+/m1/s1. The SMILES string of the molecule is CC1(C)O[C@H]2O[C@H]([C@H]3COC(C)(C)O3)[C@H](O[C@@H]3O[C@H](COCc4ccccc4)[C@@H](OCc4ccccc4)[C@H](OCc4ccccc4)[C@H]3Sc3ccccc3)[C@H]2O1. The lowest BCUT2D eigenvalue weighted by molar-refractivity contribution is -0.301. The molecule has 0 radical (unpaired) electrons. The third-order valence-electron chi connectivity index (χ3n) is 10.3. The fourth-order valence-corrected chi connectivity index (χ4v) is 8.92. The molecule has 0 aromatic heterocycles. The van der Waals surface area contributed by atoms with Crippen LogP contribution in [-0.4, -0.2) is 85.3 Å². The zero-order chi connectivity index (χ0) is 38.5. The molecule has 10 nitrogen and oxygen atoms in total. The Morgan fingerprint density at radius 2 is 1.16 bits per heavy atom. The summed E-state index contributed by atoms with van der Waals surface area (Å²) in [5.41, 5.74) is 3.15. The Bertz CT molecular complexity index is 1800. The van der Waals surface area contributed by atoms with Gasteiger partial charge in [0.25, 0.3) is 0 Å². The van der Waals surface area contributed by atoms with Crippen molar-refractivity contribution in [1.82, 2.24) is 0 Å². The first-order valence-electron chi connectivity index (χ1n) is 19.5. The van der Waals surface area contributed by atoms with Crippen molar-refractivity contribution >= 4 is 11.8 Å². The van der Waals surface area contributed by atoms with Gasteiger partial charge in [0.15, 0.2) is 24.2 Å². The van der Waals surface area contributed by atoms with Gasteiger partial charge in [0.1, 0.15) is 42.7 Å². The molecule has 8 rings (SSSR count). The number of thioether (sulfide) groups is 1. The van der Waals surface area contributed by atoms with Crippen molar-refractivity contribution < 1.29 is 47.4 Å². The minimum atomic E-state index is -0.870. The average Bonchev–Trinajstić information content (AvgIpc) is 3.84. The molecule has 4 aromatic rings. The van der Waals surface area contributed by atoms with Crippen LogP contribution in [0.25, 0.3) is 0 Å². The molecule has 0 bridgehead atoms. The van der Waals surface area contributed by atoms with E-state index in [2.05, 4.69) is 36.4 Å². The van der Waals surface area contributed by atoms with Gasteiger partial charge in [0.05, 0.1) is 38.3 Å². The minimum Gasteiger partial charge on any atom is -0.374 e. The van der Waals surface area contributed by atoms with Gasteiger partial charge in [-0.2, -0.15) is 0 Å². The third kappa shape index (κ3) is 9.74. The fourth-order valence-electron chi connectivity index (χ4n) is 7.69. The van der Waals surface area contributed by atoms with Gasteiger partial charge in [-0.3, -0.25) is 0 Å². The van der Waals surface area contributed by atoms with E-state index >= 15 is 0 Å². The number of hydrogen-bond acceptors (Lipinski definition) is 11. The summed E-state index contributed by atoms with van der Waals surface area (Å²) >= 11 is 1.64. The summed E-state index contributed by atoms with van der Waals surface area (Å²) in [7, 11) is 0. The van der Waals surface area contributed by atoms with Crippen molar-refractivity contribution in [2.45, 2.75) is 125 Å². The predicted octanol–water partition coefficient (Wildman–Crippen LogP) is 7.67. The van der Waals surface area contributed by atoms with Crippen LogP contribution in [0, 0.1) is 0 Å². The number of fused-ring (bicyclic) bond motifs is 1. The number of ether oxygens (including phenoxy) is 10. The van der Waals surface area contributed by atoms with Crippen LogP contribution in [0.4, 0.5) is 0 Å². The maximum atomic E-state index is 7.23. The van der Waals surface area contributed by atoms with Gasteiger partial charge in [-0.1, -0.05) is 109 Å². The highest BCUT2D eigenvalue weighted by molar-refractivity contribution is 8.00. The molecule has 4 aromatic carbocycles. The van der Waals surface area contributed by atoms with Crippen molar-refractivity contribution in [3.8, 4) is 0 Å². The molecule has 0 spiro atoms. The topological polar surface area (TPSA) is 92.3 Å². The Balaban J connectivity index is 1.15. The fraction of sp³-hybridized carbons (Fsp3) is 0.467. The van der Waals surface area contributed by atoms with Crippen LogP contribution in [0.1, 0.15) is 44.4 Å². The Morgan fingerprint density at radius 1 is 0.589 bits per heavy atom. The van der Waals surface area contributed by atoms with Crippen LogP contribution in [0.2, 0.25) is 0 Å². The van der Waals surface area contributed by atoms with E-state index in [0.717, 1.165) is 21.6 Å². The van der Waals surface area contributed by atoms with Gasteiger partial charge < -0.3 is 47.4 Å². The van der Waals surface area contributed by atoms with E-state index in [1.165, 1.54) is 0 Å². The molecule has 11 heteroatoms. The van der Waals surface area contributed by atoms with E-state index in [1.807, 2.05) is 113 Å². The van der Waals surface area contributed by atoms with Gasteiger partial charge in [-0.25, -0.2) is 0 Å². The molecule has 298 valence electrons. The molecule has 4 heterocycles. The molecule has 0 N–H and O–H groups in total. The van der Waals surface area contributed by atoms with E-state index in [0.29, 0.717) is 26.4 Å². The first-order chi connectivity index (χ1) is 27.2. The van der Waals surface area contributed by atoms with Crippen LogP contribution >= 0.6 is 11.8 Å². The summed E-state index contributed by atoms with van der Waals surface area (Å²) in [6.07, 6.45) is -5.24. The summed E-state index contributed by atoms with van der Waals surface area (Å²) in [5, 5.41) is -0.403. The molecular formula is C45H52O10S. The van der Waals surface area contributed by atoms with Gasteiger partial charge in [0.2, 0.25) is 0 Å². The molecule has 10 atom stereocenters. The first-order valence-corrected chi connectivity index (χ1v) is 20.4. The highest BCUT2D eigenvalue weighted by atomic mass is 32.2. The highest BCUT2D eigenvalue weighted by Gasteiger charge is 2.61. The molecule has 4 aliphatic rings. The third-order valence-corrected chi connectivity index (χ3v) is 11.6. The largest absolute Gasteiger partial charge is 0.374 e. The van der Waals surface area contributed by atoms with Crippen LogP contribution < -0.4 is 0 Å². The predicted molar refractivity (Wildman–Crippen MR) is 209 cm³/mol. The second kappa shape index (κ2) is 17.8. The summed E-state index contributed by atoms with van der Waals surface area (Å²) < 4.78 is 66.3. The van der Waals surface area contributed by atoms with Gasteiger partial charge in [-0.05, 0) is 56.5 Å². The van der Waals surface area contributed by atoms with Crippen LogP contribution in [0.3, 0.4) is 0 Å². The smallest absolute Gasteiger partial charge is 0.190 e. The van der Waals surface area contributed by atoms with Gasteiger partial charge >= 0.3 is 0 Å². The number of benzene rings is 4. The first kappa shape index (κ1) is 39.6. The summed E-state index contributed by atoms with van der Waals surface area (Å²) in [6, 6.07) is 40.7. The lowest BCUT2D eigenvalue weighted by Gasteiger charge is -2.47. The Morgan fingerprint density at radius 3 is 1.75 bits per heavy atom. The van der Waals surface area contributed by atoms with Crippen molar-refractivity contribution in [2.24, 2.45) is 0 Å². The maximum absolute atomic E-state index is 7.23. The van der Waals surface area contributed by atoms with Crippen LogP contribution in [-0.2, 0) is 67.2 Å². The molecule has 0 aliphatic carbocycles. The van der Waals surface area contributed by atoms with Crippen LogP contribution in [0.5, 0.6) is 0 Å². The van der Waals surface area contributed by atoms with Crippen molar-refractivity contribution in [2.75, 3.05) is 13.2 Å². The minimum absolute atomic E-state index is 0.235. The molecule has 56 heavy (non-hydrogen) atoms. The van der Waals surface area contributed by atoms with Crippen molar-refractivity contribution in [3.63, 3.8) is 0 Å². The summed E-state index contributed by atoms with van der Waals surface area (Å²) in [5.74, 6) is -1.64. The normalized spacial score (nSPS) is 32.0. The van der Waals surface area contributed by atoms with E-state index in [1.54, 1.807) is 11.8 Å².